The van der Waals surface area contributed by atoms with Crippen LogP contribution >= 0.6 is 0 Å². The van der Waals surface area contributed by atoms with Crippen LogP contribution in [0.25, 0.3) is 11.5 Å². The predicted octanol–water partition coefficient (Wildman–Crippen LogP) is 3.79. The highest BCUT2D eigenvalue weighted by atomic mass is 16.5. The van der Waals surface area contributed by atoms with E-state index >= 15 is 0 Å². The van der Waals surface area contributed by atoms with Gasteiger partial charge in [-0.2, -0.15) is 0 Å². The van der Waals surface area contributed by atoms with Gasteiger partial charge in [-0.3, -0.25) is 10.1 Å². The van der Waals surface area contributed by atoms with Crippen LogP contribution in [0.5, 0.6) is 11.5 Å². The summed E-state index contributed by atoms with van der Waals surface area (Å²) in [5.74, 6) is 1.20. The highest BCUT2D eigenvalue weighted by Gasteiger charge is 2.15. The Bertz CT molecular complexity index is 878. The van der Waals surface area contributed by atoms with Crippen LogP contribution < -0.4 is 14.8 Å². The number of benzene rings is 2. The van der Waals surface area contributed by atoms with Gasteiger partial charge >= 0.3 is 6.01 Å². The van der Waals surface area contributed by atoms with Gasteiger partial charge in [-0.15, -0.1) is 5.10 Å². The molecule has 1 amide bonds. The molecule has 0 aliphatic rings. The van der Waals surface area contributed by atoms with Crippen LogP contribution in [0, 0.1) is 0 Å². The third-order valence-electron chi connectivity index (χ3n) is 3.47. The minimum Gasteiger partial charge on any atom is -0.490 e. The van der Waals surface area contributed by atoms with E-state index in [1.807, 2.05) is 19.9 Å². The van der Waals surface area contributed by atoms with Gasteiger partial charge in [0.25, 0.3) is 5.91 Å². The van der Waals surface area contributed by atoms with Crippen LogP contribution in [0.1, 0.15) is 24.2 Å². The molecule has 1 heterocycles. The fraction of sp³-hybridized carbons (Fsp3) is 0.211. The lowest BCUT2D eigenvalue weighted by atomic mass is 10.2. The van der Waals surface area contributed by atoms with Crippen molar-refractivity contribution in [2.75, 3.05) is 18.5 Å². The van der Waals surface area contributed by atoms with Crippen LogP contribution in [-0.4, -0.2) is 29.3 Å². The first-order chi connectivity index (χ1) is 12.7. The molecule has 0 radical (unpaired) electrons. The Morgan fingerprint density at radius 1 is 1.00 bits per heavy atom. The molecular formula is C19H19N3O4. The van der Waals surface area contributed by atoms with E-state index in [0.29, 0.717) is 35.8 Å². The molecule has 2 aromatic carbocycles. The number of hydrogen-bond donors (Lipinski definition) is 1. The van der Waals surface area contributed by atoms with E-state index in [1.165, 1.54) is 0 Å². The average Bonchev–Trinajstić information content (AvgIpc) is 3.13. The molecule has 3 aromatic rings. The lowest BCUT2D eigenvalue weighted by molar-refractivity contribution is 0.102. The smallest absolute Gasteiger partial charge is 0.322 e. The number of nitrogens with one attached hydrogen (secondary N) is 1. The Labute approximate surface area is 151 Å². The van der Waals surface area contributed by atoms with Crippen molar-refractivity contribution in [3.05, 3.63) is 54.1 Å². The Kier molecular flexibility index (Phi) is 5.48. The molecule has 0 saturated carbocycles. The summed E-state index contributed by atoms with van der Waals surface area (Å²) >= 11 is 0. The first-order valence-corrected chi connectivity index (χ1v) is 8.31. The highest BCUT2D eigenvalue weighted by Crippen LogP contribution is 2.32. The molecular weight excluding hydrogens is 334 g/mol. The number of hydrogen-bond acceptors (Lipinski definition) is 6. The third kappa shape index (κ3) is 4.00. The quantitative estimate of drug-likeness (QED) is 0.695. The van der Waals surface area contributed by atoms with Gasteiger partial charge < -0.3 is 13.9 Å². The second-order valence-corrected chi connectivity index (χ2v) is 5.26. The van der Waals surface area contributed by atoms with Crippen LogP contribution in [0.4, 0.5) is 6.01 Å². The molecule has 0 fully saturated rings. The average molecular weight is 353 g/mol. The number of anilines is 1. The van der Waals surface area contributed by atoms with Gasteiger partial charge in [0.2, 0.25) is 5.89 Å². The van der Waals surface area contributed by atoms with E-state index in [1.54, 1.807) is 42.5 Å². The standard InChI is InChI=1S/C19H19N3O4/c1-3-24-15-11-10-14(12-16(15)25-4-2)18-21-22-19(26-18)20-17(23)13-8-6-5-7-9-13/h5-12H,3-4H2,1-2H3,(H,20,22,23). The number of rotatable bonds is 7. The zero-order valence-corrected chi connectivity index (χ0v) is 14.6. The van der Waals surface area contributed by atoms with Crippen LogP contribution in [0.3, 0.4) is 0 Å². The van der Waals surface area contributed by atoms with E-state index in [0.717, 1.165) is 0 Å². The molecule has 7 nitrogen and oxygen atoms in total. The Morgan fingerprint density at radius 3 is 2.46 bits per heavy atom. The molecule has 134 valence electrons. The lowest BCUT2D eigenvalue weighted by Crippen LogP contribution is -2.11. The zero-order valence-electron chi connectivity index (χ0n) is 14.6. The highest BCUT2D eigenvalue weighted by molar-refractivity contribution is 6.03. The monoisotopic (exact) mass is 353 g/mol. The maximum absolute atomic E-state index is 12.1. The lowest BCUT2D eigenvalue weighted by Gasteiger charge is -2.11. The minimum atomic E-state index is -0.317. The molecule has 0 unspecified atom stereocenters. The van der Waals surface area contributed by atoms with Crippen molar-refractivity contribution in [3.63, 3.8) is 0 Å². The molecule has 0 spiro atoms. The van der Waals surface area contributed by atoms with Crippen molar-refractivity contribution in [1.29, 1.82) is 0 Å². The fourth-order valence-corrected chi connectivity index (χ4v) is 2.33. The summed E-state index contributed by atoms with van der Waals surface area (Å²) in [5.41, 5.74) is 1.18. The summed E-state index contributed by atoms with van der Waals surface area (Å²) in [6.45, 7) is 4.84. The van der Waals surface area contributed by atoms with Gasteiger partial charge in [0.05, 0.1) is 13.2 Å². The molecule has 1 aromatic heterocycles. The Morgan fingerprint density at radius 2 is 1.73 bits per heavy atom. The van der Waals surface area contributed by atoms with Gasteiger partial charge in [0.15, 0.2) is 11.5 Å². The van der Waals surface area contributed by atoms with Crippen molar-refractivity contribution >= 4 is 11.9 Å². The predicted molar refractivity (Wildman–Crippen MR) is 96.5 cm³/mol. The van der Waals surface area contributed by atoms with E-state index in [-0.39, 0.29) is 17.8 Å². The molecule has 0 aliphatic carbocycles. The second-order valence-electron chi connectivity index (χ2n) is 5.26. The number of aromatic nitrogens is 2. The van der Waals surface area contributed by atoms with Gasteiger partial charge in [-0.05, 0) is 44.2 Å². The zero-order chi connectivity index (χ0) is 18.4. The first kappa shape index (κ1) is 17.5. The van der Waals surface area contributed by atoms with Gasteiger partial charge in [-0.25, -0.2) is 0 Å². The largest absolute Gasteiger partial charge is 0.490 e. The molecule has 0 aliphatic heterocycles. The fourth-order valence-electron chi connectivity index (χ4n) is 2.33. The second kappa shape index (κ2) is 8.15. The van der Waals surface area contributed by atoms with E-state index < -0.39 is 0 Å². The van der Waals surface area contributed by atoms with Gasteiger partial charge in [0, 0.05) is 11.1 Å². The summed E-state index contributed by atoms with van der Waals surface area (Å²) in [7, 11) is 0. The molecule has 26 heavy (non-hydrogen) atoms. The SMILES string of the molecule is CCOc1ccc(-c2nnc(NC(=O)c3ccccc3)o2)cc1OCC. The van der Waals surface area contributed by atoms with Crippen molar-refractivity contribution in [3.8, 4) is 23.0 Å². The summed E-state index contributed by atoms with van der Waals surface area (Å²) in [6.07, 6.45) is 0. The number of carbonyl (C=O) groups is 1. The summed E-state index contributed by atoms with van der Waals surface area (Å²) in [5, 5.41) is 10.4. The minimum absolute atomic E-state index is 0.0284. The molecule has 0 bridgehead atoms. The molecule has 3 rings (SSSR count). The maximum atomic E-state index is 12.1. The van der Waals surface area contributed by atoms with Crippen molar-refractivity contribution in [2.45, 2.75) is 13.8 Å². The van der Waals surface area contributed by atoms with Crippen molar-refractivity contribution < 1.29 is 18.7 Å². The van der Waals surface area contributed by atoms with Crippen molar-refractivity contribution in [2.24, 2.45) is 0 Å². The number of nitrogens with zero attached hydrogens (tertiary/aromatic N) is 2. The molecule has 0 saturated heterocycles. The summed E-state index contributed by atoms with van der Waals surface area (Å²) in [4.78, 5) is 12.1. The number of amides is 1. The molecule has 7 heteroatoms. The first-order valence-electron chi connectivity index (χ1n) is 8.31. The number of ether oxygens (including phenoxy) is 2. The van der Waals surface area contributed by atoms with Crippen LogP contribution in [0.2, 0.25) is 0 Å². The summed E-state index contributed by atoms with van der Waals surface area (Å²) in [6, 6.07) is 14.2. The van der Waals surface area contributed by atoms with E-state index in [4.69, 9.17) is 13.9 Å². The Hall–Kier alpha value is -3.35. The van der Waals surface area contributed by atoms with Crippen molar-refractivity contribution in [1.82, 2.24) is 10.2 Å². The molecule has 1 N–H and O–H groups in total. The van der Waals surface area contributed by atoms with Crippen LogP contribution in [0.15, 0.2) is 52.9 Å². The van der Waals surface area contributed by atoms with Gasteiger partial charge in [-0.1, -0.05) is 23.3 Å². The van der Waals surface area contributed by atoms with E-state index in [2.05, 4.69) is 15.5 Å². The van der Waals surface area contributed by atoms with Gasteiger partial charge in [0.1, 0.15) is 0 Å². The molecule has 0 atom stereocenters. The normalized spacial score (nSPS) is 10.4. The number of carbonyl (C=O) groups excluding carboxylic acids is 1. The topological polar surface area (TPSA) is 86.5 Å². The van der Waals surface area contributed by atoms with E-state index in [9.17, 15) is 4.79 Å². The Balaban J connectivity index is 1.79. The van der Waals surface area contributed by atoms with Crippen LogP contribution in [-0.2, 0) is 0 Å². The third-order valence-corrected chi connectivity index (χ3v) is 3.47. The summed E-state index contributed by atoms with van der Waals surface area (Å²) < 4.78 is 16.7. The maximum Gasteiger partial charge on any atom is 0.322 e.